The normalized spacial score (nSPS) is 11.3. The molecule has 4 aromatic rings. The Morgan fingerprint density at radius 2 is 1.96 bits per heavy atom. The van der Waals surface area contributed by atoms with Crippen molar-refractivity contribution in [2.75, 3.05) is 0 Å². The summed E-state index contributed by atoms with van der Waals surface area (Å²) < 4.78 is 0. The number of rotatable bonds is 4. The first kappa shape index (κ1) is 17.1. The molecule has 0 aliphatic heterocycles. The first-order valence-electron chi connectivity index (χ1n) is 8.34. The fourth-order valence-corrected chi connectivity index (χ4v) is 3.16. The maximum Gasteiger partial charge on any atom is 0.289 e. The van der Waals surface area contributed by atoms with Crippen molar-refractivity contribution in [1.82, 2.24) is 20.6 Å². The number of fused-ring (bicyclic) bond motifs is 1. The number of carbonyl (C=O) groups is 1. The maximum absolute atomic E-state index is 12.3. The molecule has 0 spiro atoms. The molecule has 4 rings (SSSR count). The van der Waals surface area contributed by atoms with Crippen molar-refractivity contribution in [2.45, 2.75) is 6.92 Å². The number of H-pyrrole nitrogens is 2. The number of amides is 1. The number of aromatic amines is 2. The second kappa shape index (κ2) is 7.09. The highest BCUT2D eigenvalue weighted by atomic mass is 35.5. The van der Waals surface area contributed by atoms with Crippen LogP contribution in [0.1, 0.15) is 21.7 Å². The molecule has 0 bridgehead atoms. The van der Waals surface area contributed by atoms with Crippen LogP contribution in [0.15, 0.2) is 59.7 Å². The van der Waals surface area contributed by atoms with Gasteiger partial charge in [0.1, 0.15) is 5.69 Å². The lowest BCUT2D eigenvalue weighted by atomic mass is 10.1. The summed E-state index contributed by atoms with van der Waals surface area (Å²) in [6, 6.07) is 16.9. The van der Waals surface area contributed by atoms with Gasteiger partial charge in [-0.2, -0.15) is 10.2 Å². The lowest BCUT2D eigenvalue weighted by Crippen LogP contribution is -2.18. The molecule has 2 aromatic carbocycles. The second-order valence-electron chi connectivity index (χ2n) is 6.06. The van der Waals surface area contributed by atoms with Crippen LogP contribution in [0, 0.1) is 6.92 Å². The van der Waals surface area contributed by atoms with Gasteiger partial charge >= 0.3 is 0 Å². The molecule has 1 amide bonds. The Bertz CT molecular complexity index is 1160. The zero-order chi connectivity index (χ0) is 18.8. The maximum atomic E-state index is 12.3. The minimum Gasteiger partial charge on any atom is -0.358 e. The van der Waals surface area contributed by atoms with Gasteiger partial charge < -0.3 is 4.98 Å². The fraction of sp³-hybridized carbons (Fsp3) is 0.0500. The Labute approximate surface area is 160 Å². The van der Waals surface area contributed by atoms with Gasteiger partial charge in [-0.1, -0.05) is 48.0 Å². The van der Waals surface area contributed by atoms with Crippen molar-refractivity contribution in [3.8, 4) is 11.3 Å². The molecular weight excluding hydrogens is 362 g/mol. The number of nitrogens with zero attached hydrogens (tertiary/aromatic N) is 2. The van der Waals surface area contributed by atoms with Crippen LogP contribution in [0.4, 0.5) is 0 Å². The lowest BCUT2D eigenvalue weighted by Gasteiger charge is -1.98. The molecule has 0 saturated heterocycles. The summed E-state index contributed by atoms with van der Waals surface area (Å²) in [7, 11) is 0. The Hall–Kier alpha value is -3.38. The molecule has 7 heteroatoms. The van der Waals surface area contributed by atoms with E-state index in [2.05, 4.69) is 25.7 Å². The molecule has 0 aliphatic rings. The Morgan fingerprint density at radius 1 is 1.19 bits per heavy atom. The van der Waals surface area contributed by atoms with E-state index in [-0.39, 0.29) is 5.91 Å². The average Bonchev–Trinajstić information content (AvgIpc) is 3.27. The summed E-state index contributed by atoms with van der Waals surface area (Å²) >= 11 is 6.17. The number of nitrogens with one attached hydrogen (secondary N) is 3. The van der Waals surface area contributed by atoms with Crippen molar-refractivity contribution >= 4 is 34.6 Å². The van der Waals surface area contributed by atoms with Gasteiger partial charge in [0.05, 0.1) is 16.9 Å². The number of hydrogen-bond acceptors (Lipinski definition) is 3. The number of aryl methyl sites for hydroxylation is 1. The zero-order valence-corrected chi connectivity index (χ0v) is 15.2. The minimum atomic E-state index is -0.380. The predicted octanol–water partition coefficient (Wildman–Crippen LogP) is 4.28. The van der Waals surface area contributed by atoms with Crippen molar-refractivity contribution in [3.05, 3.63) is 76.6 Å². The molecule has 3 N–H and O–H groups in total. The third-order valence-electron chi connectivity index (χ3n) is 4.28. The molecule has 0 fully saturated rings. The molecule has 2 aromatic heterocycles. The van der Waals surface area contributed by atoms with Crippen molar-refractivity contribution in [3.63, 3.8) is 0 Å². The summed E-state index contributed by atoms with van der Waals surface area (Å²) in [6.07, 6.45) is 1.64. The number of para-hydroxylation sites is 1. The molecule has 0 radical (unpaired) electrons. The van der Waals surface area contributed by atoms with Crippen LogP contribution in [-0.2, 0) is 0 Å². The van der Waals surface area contributed by atoms with Crippen LogP contribution in [0.2, 0.25) is 5.02 Å². The summed E-state index contributed by atoms with van der Waals surface area (Å²) in [5.41, 5.74) is 7.13. The van der Waals surface area contributed by atoms with Crippen LogP contribution >= 0.6 is 11.6 Å². The van der Waals surface area contributed by atoms with E-state index in [1.54, 1.807) is 18.3 Å². The summed E-state index contributed by atoms with van der Waals surface area (Å²) in [6.45, 7) is 1.97. The third kappa shape index (κ3) is 3.35. The number of carbonyl (C=O) groups excluding carboxylic acids is 1. The number of benzene rings is 2. The minimum absolute atomic E-state index is 0.303. The van der Waals surface area contributed by atoms with Gasteiger partial charge in [-0.05, 0) is 25.1 Å². The summed E-state index contributed by atoms with van der Waals surface area (Å²) in [5, 5.41) is 12.6. The van der Waals surface area contributed by atoms with Crippen LogP contribution in [0.3, 0.4) is 0 Å². The number of hydrogen-bond donors (Lipinski definition) is 3. The zero-order valence-electron chi connectivity index (χ0n) is 14.5. The molecule has 2 heterocycles. The highest BCUT2D eigenvalue weighted by Crippen LogP contribution is 2.26. The highest BCUT2D eigenvalue weighted by molar-refractivity contribution is 6.33. The van der Waals surface area contributed by atoms with Gasteiger partial charge in [0, 0.05) is 27.7 Å². The van der Waals surface area contributed by atoms with E-state index in [0.29, 0.717) is 16.4 Å². The van der Waals surface area contributed by atoms with E-state index >= 15 is 0 Å². The van der Waals surface area contributed by atoms with Crippen molar-refractivity contribution < 1.29 is 4.79 Å². The number of hydrazone groups is 1. The molecular formula is C20H16ClN5O. The van der Waals surface area contributed by atoms with E-state index in [4.69, 9.17) is 11.6 Å². The first-order chi connectivity index (χ1) is 13.1. The monoisotopic (exact) mass is 377 g/mol. The number of aromatic nitrogens is 3. The highest BCUT2D eigenvalue weighted by Gasteiger charge is 2.12. The quantitative estimate of drug-likeness (QED) is 0.366. The topological polar surface area (TPSA) is 85.9 Å². The van der Waals surface area contributed by atoms with Gasteiger partial charge in [-0.25, -0.2) is 5.43 Å². The van der Waals surface area contributed by atoms with E-state index in [1.807, 2.05) is 49.4 Å². The average molecular weight is 378 g/mol. The van der Waals surface area contributed by atoms with Crippen LogP contribution in [-0.4, -0.2) is 27.3 Å². The fourth-order valence-electron chi connectivity index (χ4n) is 2.93. The van der Waals surface area contributed by atoms with Crippen molar-refractivity contribution in [2.24, 2.45) is 5.10 Å². The van der Waals surface area contributed by atoms with Gasteiger partial charge in [-0.15, -0.1) is 0 Å². The molecule has 0 unspecified atom stereocenters. The van der Waals surface area contributed by atoms with Gasteiger partial charge in [0.2, 0.25) is 0 Å². The molecule has 27 heavy (non-hydrogen) atoms. The molecule has 6 nitrogen and oxygen atoms in total. The summed E-state index contributed by atoms with van der Waals surface area (Å²) in [5.74, 6) is -0.380. The summed E-state index contributed by atoms with van der Waals surface area (Å²) in [4.78, 5) is 15.6. The Balaban J connectivity index is 1.51. The van der Waals surface area contributed by atoms with E-state index in [9.17, 15) is 4.79 Å². The standard InChI is InChI=1S/C20H16ClN5O/c1-12-15(13-6-3-5-9-17(13)23-12)11-22-26-20(27)19-10-18(24-25-19)14-7-2-4-8-16(14)21/h2-11,23H,1H3,(H,24,25)(H,26,27)/b22-11-. The van der Waals surface area contributed by atoms with E-state index < -0.39 is 0 Å². The van der Waals surface area contributed by atoms with Crippen LogP contribution in [0.5, 0.6) is 0 Å². The SMILES string of the molecule is Cc1[nH]c2ccccc2c1/C=N\NC(=O)c1cc(-c2ccccc2Cl)n[nH]1. The molecule has 0 aliphatic carbocycles. The molecule has 134 valence electrons. The Morgan fingerprint density at radius 3 is 2.81 bits per heavy atom. The van der Waals surface area contributed by atoms with Gasteiger partial charge in [-0.3, -0.25) is 9.89 Å². The van der Waals surface area contributed by atoms with E-state index in [0.717, 1.165) is 27.7 Å². The van der Waals surface area contributed by atoms with Crippen LogP contribution < -0.4 is 5.43 Å². The second-order valence-corrected chi connectivity index (χ2v) is 6.46. The first-order valence-corrected chi connectivity index (χ1v) is 8.72. The smallest absolute Gasteiger partial charge is 0.289 e. The molecule has 0 saturated carbocycles. The Kier molecular flexibility index (Phi) is 4.48. The van der Waals surface area contributed by atoms with Gasteiger partial charge in [0.25, 0.3) is 5.91 Å². The number of halogens is 1. The van der Waals surface area contributed by atoms with Crippen molar-refractivity contribution in [1.29, 1.82) is 0 Å². The van der Waals surface area contributed by atoms with Gasteiger partial charge in [0.15, 0.2) is 0 Å². The largest absolute Gasteiger partial charge is 0.358 e. The molecule has 0 atom stereocenters. The van der Waals surface area contributed by atoms with E-state index in [1.165, 1.54) is 0 Å². The predicted molar refractivity (Wildman–Crippen MR) is 107 cm³/mol. The lowest BCUT2D eigenvalue weighted by molar-refractivity contribution is 0.0950. The third-order valence-corrected chi connectivity index (χ3v) is 4.61. The van der Waals surface area contributed by atoms with Crippen LogP contribution in [0.25, 0.3) is 22.2 Å².